The summed E-state index contributed by atoms with van der Waals surface area (Å²) in [5, 5.41) is 9.66. The van der Waals surface area contributed by atoms with Gasteiger partial charge in [0.1, 0.15) is 11.1 Å². The van der Waals surface area contributed by atoms with Crippen LogP contribution in [0.5, 0.6) is 0 Å². The molecule has 0 saturated heterocycles. The van der Waals surface area contributed by atoms with Crippen LogP contribution in [0.1, 0.15) is 23.2 Å². The van der Waals surface area contributed by atoms with Crippen LogP contribution in [0.2, 0.25) is 0 Å². The first-order valence-corrected chi connectivity index (χ1v) is 9.20. The summed E-state index contributed by atoms with van der Waals surface area (Å²) < 4.78 is 6.14. The highest BCUT2D eigenvalue weighted by Crippen LogP contribution is 2.25. The van der Waals surface area contributed by atoms with E-state index >= 15 is 0 Å². The number of aromatic nitrogens is 5. The van der Waals surface area contributed by atoms with E-state index < -0.39 is 0 Å². The highest BCUT2D eigenvalue weighted by Gasteiger charge is 2.16. The minimum absolute atomic E-state index is 0.525. The zero-order valence-electron chi connectivity index (χ0n) is 16.0. The van der Waals surface area contributed by atoms with Gasteiger partial charge in [-0.25, -0.2) is 9.97 Å². The van der Waals surface area contributed by atoms with Crippen molar-refractivity contribution in [1.29, 1.82) is 5.41 Å². The van der Waals surface area contributed by atoms with Gasteiger partial charge in [-0.2, -0.15) is 0 Å². The molecule has 6 nitrogen and oxygen atoms in total. The monoisotopic (exact) mass is 360 g/mol. The topological polar surface area (TPSA) is 64.4 Å². The molecule has 0 amide bonds. The molecule has 0 unspecified atom stereocenters. The highest BCUT2D eigenvalue weighted by atomic mass is 15.1. The van der Waals surface area contributed by atoms with Crippen molar-refractivity contribution in [1.82, 2.24) is 23.7 Å². The number of benzene rings is 1. The van der Waals surface area contributed by atoms with Crippen molar-refractivity contribution in [3.8, 4) is 5.69 Å². The van der Waals surface area contributed by atoms with Crippen molar-refractivity contribution in [2.45, 2.75) is 40.3 Å². The van der Waals surface area contributed by atoms with E-state index in [1.54, 1.807) is 12.5 Å². The molecule has 138 valence electrons. The quantitative estimate of drug-likeness (QED) is 0.592. The van der Waals surface area contributed by atoms with Crippen LogP contribution in [0.15, 0.2) is 49.3 Å². The second kappa shape index (κ2) is 6.87. The largest absolute Gasteiger partial charge is 0.337 e. The maximum Gasteiger partial charge on any atom is 0.150 e. The van der Waals surface area contributed by atoms with Crippen molar-refractivity contribution in [2.24, 2.45) is 0 Å². The summed E-state index contributed by atoms with van der Waals surface area (Å²) in [6.07, 6.45) is 8.29. The lowest BCUT2D eigenvalue weighted by atomic mass is 10.2. The summed E-state index contributed by atoms with van der Waals surface area (Å²) in [5.41, 5.74) is 5.94. The molecule has 6 heteroatoms. The van der Waals surface area contributed by atoms with E-state index in [2.05, 4.69) is 59.2 Å². The van der Waals surface area contributed by atoms with Gasteiger partial charge in [0.05, 0.1) is 18.0 Å². The molecule has 0 spiro atoms. The second-order valence-corrected chi connectivity index (χ2v) is 7.02. The zero-order valence-corrected chi connectivity index (χ0v) is 16.0. The van der Waals surface area contributed by atoms with Crippen molar-refractivity contribution in [2.75, 3.05) is 0 Å². The van der Waals surface area contributed by atoms with E-state index in [1.807, 2.05) is 17.1 Å². The fourth-order valence-corrected chi connectivity index (χ4v) is 3.54. The molecule has 0 bridgehead atoms. The van der Waals surface area contributed by atoms with Gasteiger partial charge >= 0.3 is 0 Å². The Labute approximate surface area is 158 Å². The lowest BCUT2D eigenvalue weighted by Crippen LogP contribution is -2.22. The fraction of sp³-hybridized carbons (Fsp3) is 0.286. The Morgan fingerprint density at radius 1 is 1.00 bits per heavy atom. The van der Waals surface area contributed by atoms with Crippen LogP contribution < -0.4 is 5.49 Å². The van der Waals surface area contributed by atoms with Crippen molar-refractivity contribution in [3.63, 3.8) is 0 Å². The summed E-state index contributed by atoms with van der Waals surface area (Å²) in [4.78, 5) is 8.79. The SMILES string of the molecule is Cc1ccc(-n2c(C)c(C)c3c(=N)n(CCCn4ccnc4)cnc32)cc1. The van der Waals surface area contributed by atoms with E-state index in [9.17, 15) is 0 Å². The van der Waals surface area contributed by atoms with Gasteiger partial charge in [0.15, 0.2) is 0 Å². The van der Waals surface area contributed by atoms with Crippen molar-refractivity contribution >= 4 is 11.0 Å². The molecular weight excluding hydrogens is 336 g/mol. The van der Waals surface area contributed by atoms with Crippen LogP contribution in [0.4, 0.5) is 0 Å². The van der Waals surface area contributed by atoms with E-state index in [0.29, 0.717) is 5.49 Å². The number of nitrogens with zero attached hydrogens (tertiary/aromatic N) is 5. The van der Waals surface area contributed by atoms with E-state index in [4.69, 9.17) is 10.4 Å². The average Bonchev–Trinajstić information content (AvgIpc) is 3.26. The standard InChI is InChI=1S/C21H24N6/c1-15-5-7-18(8-6-15)27-17(3)16(2)19-20(22)26(14-24-21(19)27)11-4-10-25-12-9-23-13-25/h5-9,12-14,22H,4,10-11H2,1-3H3. The minimum Gasteiger partial charge on any atom is -0.337 e. The van der Waals surface area contributed by atoms with E-state index in [0.717, 1.165) is 47.5 Å². The van der Waals surface area contributed by atoms with Crippen molar-refractivity contribution < 1.29 is 0 Å². The zero-order chi connectivity index (χ0) is 19.0. The van der Waals surface area contributed by atoms with Gasteiger partial charge in [0.25, 0.3) is 0 Å². The first-order valence-electron chi connectivity index (χ1n) is 9.20. The number of nitrogens with one attached hydrogen (secondary N) is 1. The summed E-state index contributed by atoms with van der Waals surface area (Å²) in [7, 11) is 0. The maximum absolute atomic E-state index is 8.73. The first-order chi connectivity index (χ1) is 13.1. The summed E-state index contributed by atoms with van der Waals surface area (Å²) >= 11 is 0. The number of hydrogen-bond donors (Lipinski definition) is 1. The molecule has 1 aromatic carbocycles. The number of rotatable bonds is 5. The Kier molecular flexibility index (Phi) is 4.39. The van der Waals surface area contributed by atoms with Gasteiger partial charge in [0, 0.05) is 36.9 Å². The lowest BCUT2D eigenvalue weighted by Gasteiger charge is -2.10. The van der Waals surface area contributed by atoms with Gasteiger partial charge in [-0.1, -0.05) is 17.7 Å². The fourth-order valence-electron chi connectivity index (χ4n) is 3.54. The normalized spacial score (nSPS) is 11.4. The summed E-state index contributed by atoms with van der Waals surface area (Å²) in [6.45, 7) is 7.90. The number of hydrogen-bond acceptors (Lipinski definition) is 3. The van der Waals surface area contributed by atoms with Crippen molar-refractivity contribution in [3.05, 3.63) is 71.6 Å². The summed E-state index contributed by atoms with van der Waals surface area (Å²) in [5.74, 6) is 0. The minimum atomic E-state index is 0.525. The molecule has 0 aliphatic rings. The summed E-state index contributed by atoms with van der Waals surface area (Å²) in [6, 6.07) is 8.44. The van der Waals surface area contributed by atoms with Gasteiger partial charge in [0.2, 0.25) is 0 Å². The molecule has 0 saturated carbocycles. The first kappa shape index (κ1) is 17.3. The molecule has 4 rings (SSSR count). The third kappa shape index (κ3) is 3.07. The predicted molar refractivity (Wildman–Crippen MR) is 106 cm³/mol. The Hall–Kier alpha value is -3.15. The molecule has 0 fully saturated rings. The van der Waals surface area contributed by atoms with Crippen LogP contribution in [0, 0.1) is 26.2 Å². The molecule has 0 atom stereocenters. The second-order valence-electron chi connectivity index (χ2n) is 7.02. The molecule has 0 aliphatic carbocycles. The average molecular weight is 360 g/mol. The van der Waals surface area contributed by atoms with Crippen LogP contribution in [0.3, 0.4) is 0 Å². The number of imidazole rings is 1. The van der Waals surface area contributed by atoms with E-state index in [-0.39, 0.29) is 0 Å². The third-order valence-electron chi connectivity index (χ3n) is 5.20. The lowest BCUT2D eigenvalue weighted by molar-refractivity contribution is 0.543. The maximum atomic E-state index is 8.73. The number of fused-ring (bicyclic) bond motifs is 1. The van der Waals surface area contributed by atoms with Gasteiger partial charge in [-0.3, -0.25) is 9.98 Å². The third-order valence-corrected chi connectivity index (χ3v) is 5.20. The van der Waals surface area contributed by atoms with E-state index in [1.165, 1.54) is 5.56 Å². The molecular formula is C21H24N6. The molecule has 1 N–H and O–H groups in total. The van der Waals surface area contributed by atoms with Crippen LogP contribution in [-0.2, 0) is 13.1 Å². The molecule has 0 aliphatic heterocycles. The molecule has 3 aromatic heterocycles. The molecule has 3 heterocycles. The van der Waals surface area contributed by atoms with Crippen LogP contribution in [0.25, 0.3) is 16.7 Å². The predicted octanol–water partition coefficient (Wildman–Crippen LogP) is 3.52. The van der Waals surface area contributed by atoms with Gasteiger partial charge < -0.3 is 9.13 Å². The highest BCUT2D eigenvalue weighted by molar-refractivity contribution is 5.82. The Bertz CT molecular complexity index is 1130. The molecule has 4 aromatic rings. The number of aryl methyl sites for hydroxylation is 4. The van der Waals surface area contributed by atoms with Gasteiger partial charge in [-0.05, 0) is 44.9 Å². The Balaban J connectivity index is 1.72. The van der Waals surface area contributed by atoms with Crippen LogP contribution >= 0.6 is 0 Å². The molecule has 0 radical (unpaired) electrons. The van der Waals surface area contributed by atoms with Crippen LogP contribution in [-0.4, -0.2) is 23.7 Å². The molecule has 27 heavy (non-hydrogen) atoms. The Morgan fingerprint density at radius 2 is 1.78 bits per heavy atom. The Morgan fingerprint density at radius 3 is 2.48 bits per heavy atom. The smallest absolute Gasteiger partial charge is 0.150 e. The van der Waals surface area contributed by atoms with Gasteiger partial charge in [-0.15, -0.1) is 0 Å².